The van der Waals surface area contributed by atoms with Crippen molar-refractivity contribution in [3.8, 4) is 27.3 Å². The molecule has 22 nitrogen and oxygen atoms in total. The number of likely N-dealkylation sites (N-methyl/N-ethyl adjacent to an activating group) is 1. The highest BCUT2D eigenvalue weighted by Crippen LogP contribution is 2.43. The number of hydrogen-bond acceptors (Lipinski definition) is 18. The number of amides is 5. The first kappa shape index (κ1) is 65.8. The number of thiazole rings is 1. The Morgan fingerprint density at radius 2 is 1.51 bits per heavy atom. The third-order valence-electron chi connectivity index (χ3n) is 14.5. The molecule has 0 radical (unpaired) electrons. The molecule has 2 saturated heterocycles. The van der Waals surface area contributed by atoms with E-state index in [0.29, 0.717) is 65.0 Å². The number of nitrogens with zero attached hydrogens (tertiary/aromatic N) is 7. The molecule has 5 aromatic rings. The van der Waals surface area contributed by atoms with Gasteiger partial charge >= 0.3 is 0 Å². The van der Waals surface area contributed by atoms with Gasteiger partial charge in [-0.05, 0) is 48.6 Å². The summed E-state index contributed by atoms with van der Waals surface area (Å²) in [5, 5.41) is 30.0. The highest BCUT2D eigenvalue weighted by molar-refractivity contribution is 7.13. The number of rotatable bonds is 29. The number of hydrogen-bond donors (Lipinski definition) is 5. The zero-order valence-corrected chi connectivity index (χ0v) is 50.7. The average Bonchev–Trinajstić information content (AvgIpc) is 3.84. The number of aliphatic hydroxyl groups excluding tert-OH is 1. The third-order valence-corrected chi connectivity index (χ3v) is 15.8. The predicted molar refractivity (Wildman–Crippen MR) is 317 cm³/mol. The van der Waals surface area contributed by atoms with Crippen LogP contribution in [0.25, 0.3) is 32.5 Å². The standard InChI is InChI=1S/C59H77ClF2N10O12S/c1-36(39-11-13-40(14-12-39)53-37(2)64-35-85-53)65-56(78)45-31-41(74)33-72(45)57(79)54(59(4,5)6)66-47(76)34-84-30-29-83-28-27-82-26-25-81-24-23-80-22-21-69(7)48(77)15-16-63-58-67-52-42(55(68-58)71-19-17-70(18-20-71)38(3)73)32-43(60)49(51(52)62)50-44(61)9-8-10-46(50)75/h8-14,32,35-36,41,45,54,74-75H,15-31,33-34H2,1-7H3,(H,65,78)(H,66,76)(H,63,67,68)/t36-,41+,45-,54+/m0/s1. The van der Waals surface area contributed by atoms with Crippen molar-refractivity contribution in [2.24, 2.45) is 5.41 Å². The van der Waals surface area contributed by atoms with Crippen molar-refractivity contribution >= 4 is 75.1 Å². The second-order valence-electron chi connectivity index (χ2n) is 21.8. The lowest BCUT2D eigenvalue weighted by Gasteiger charge is -2.35. The third kappa shape index (κ3) is 17.9. The number of halogens is 3. The van der Waals surface area contributed by atoms with E-state index in [4.69, 9.17) is 35.3 Å². The fraction of sp³-hybridized carbons (Fsp3) is 0.525. The van der Waals surface area contributed by atoms with Gasteiger partial charge < -0.3 is 69.4 Å². The van der Waals surface area contributed by atoms with Gasteiger partial charge in [0.25, 0.3) is 0 Å². The molecule has 0 saturated carbocycles. The minimum atomic E-state index is -1.00. The Morgan fingerprint density at radius 1 is 0.871 bits per heavy atom. The quantitative estimate of drug-likeness (QED) is 0.0357. The number of aliphatic hydroxyl groups is 1. The smallest absolute Gasteiger partial charge is 0.246 e. The van der Waals surface area contributed by atoms with Crippen LogP contribution in [0.5, 0.6) is 5.75 Å². The largest absolute Gasteiger partial charge is 0.507 e. The van der Waals surface area contributed by atoms with Crippen LogP contribution in [0.15, 0.2) is 54.0 Å². The van der Waals surface area contributed by atoms with Crippen LogP contribution in [0.1, 0.15) is 64.8 Å². The number of nitrogens with one attached hydrogen (secondary N) is 3. The summed E-state index contributed by atoms with van der Waals surface area (Å²) in [6.07, 6.45) is -0.799. The van der Waals surface area contributed by atoms with E-state index in [1.165, 1.54) is 34.9 Å². The fourth-order valence-electron chi connectivity index (χ4n) is 9.78. The van der Waals surface area contributed by atoms with Crippen molar-refractivity contribution in [2.45, 2.75) is 78.6 Å². The molecule has 462 valence electrons. The van der Waals surface area contributed by atoms with Gasteiger partial charge in [0.05, 0.1) is 98.3 Å². The molecular weight excluding hydrogens is 1150 g/mol. The highest BCUT2D eigenvalue weighted by atomic mass is 35.5. The van der Waals surface area contributed by atoms with E-state index in [0.717, 1.165) is 27.8 Å². The first-order valence-electron chi connectivity index (χ1n) is 28.3. The Labute approximate surface area is 502 Å². The molecule has 0 bridgehead atoms. The van der Waals surface area contributed by atoms with E-state index in [9.17, 15) is 38.6 Å². The number of carbonyl (C=O) groups is 5. The minimum absolute atomic E-state index is 0.0118. The molecule has 0 unspecified atom stereocenters. The maximum Gasteiger partial charge on any atom is 0.246 e. The van der Waals surface area contributed by atoms with E-state index >= 15 is 4.39 Å². The molecule has 26 heteroatoms. The molecule has 0 spiro atoms. The molecule has 5 N–H and O–H groups in total. The Bertz CT molecular complexity index is 3070. The summed E-state index contributed by atoms with van der Waals surface area (Å²) in [5.74, 6) is -3.65. The first-order chi connectivity index (χ1) is 40.6. The summed E-state index contributed by atoms with van der Waals surface area (Å²) in [7, 11) is 1.64. The predicted octanol–water partition coefficient (Wildman–Crippen LogP) is 5.75. The van der Waals surface area contributed by atoms with Gasteiger partial charge in [-0.25, -0.2) is 18.7 Å². The van der Waals surface area contributed by atoms with Crippen LogP contribution >= 0.6 is 22.9 Å². The van der Waals surface area contributed by atoms with Crippen molar-refractivity contribution < 1.29 is 66.7 Å². The number of phenolic OH excluding ortho intramolecular Hbond substituents is 1. The number of β-amino-alcohol motifs (C(OH)–C–C–N with tert-alkyl or cyclic N) is 1. The summed E-state index contributed by atoms with van der Waals surface area (Å²) in [4.78, 5) is 86.7. The Balaban J connectivity index is 0.731. The molecular formula is C59H77ClF2N10O12S. The van der Waals surface area contributed by atoms with Crippen molar-refractivity contribution in [3.63, 3.8) is 0 Å². The van der Waals surface area contributed by atoms with Gasteiger partial charge in [-0.15, -0.1) is 11.3 Å². The number of aromatic hydroxyl groups is 1. The van der Waals surface area contributed by atoms with Crippen LogP contribution in [0.4, 0.5) is 20.5 Å². The number of anilines is 2. The molecule has 4 heterocycles. The number of ether oxygens (including phenoxy) is 5. The molecule has 2 aliphatic rings. The summed E-state index contributed by atoms with van der Waals surface area (Å²) < 4.78 is 59.3. The number of phenols is 1. The molecule has 85 heavy (non-hydrogen) atoms. The number of carbonyl (C=O) groups excluding carboxylic acids is 5. The fourth-order valence-corrected chi connectivity index (χ4v) is 10.9. The molecule has 2 fully saturated rings. The average molecular weight is 1220 g/mol. The van der Waals surface area contributed by atoms with Crippen molar-refractivity contribution in [1.82, 2.24) is 40.3 Å². The normalized spacial score (nSPS) is 16.2. The van der Waals surface area contributed by atoms with Crippen LogP contribution in [0, 0.1) is 24.0 Å². The number of fused-ring (bicyclic) bond motifs is 1. The Kier molecular flexibility index (Phi) is 24.1. The number of aromatic nitrogens is 3. The van der Waals surface area contributed by atoms with E-state index in [2.05, 4.69) is 30.9 Å². The topological polar surface area (TPSA) is 260 Å². The maximum atomic E-state index is 16.5. The minimum Gasteiger partial charge on any atom is -0.507 e. The van der Waals surface area contributed by atoms with Crippen LogP contribution < -0.4 is 20.9 Å². The first-order valence-corrected chi connectivity index (χ1v) is 29.5. The molecule has 2 aromatic heterocycles. The number of aryl methyl sites for hydroxylation is 1. The lowest BCUT2D eigenvalue weighted by molar-refractivity contribution is -0.144. The van der Waals surface area contributed by atoms with E-state index in [1.54, 1.807) is 28.8 Å². The molecule has 7 rings (SSSR count). The zero-order valence-electron chi connectivity index (χ0n) is 49.1. The number of piperazine rings is 1. The van der Waals surface area contributed by atoms with Crippen LogP contribution in [0.2, 0.25) is 5.02 Å². The van der Waals surface area contributed by atoms with Gasteiger partial charge in [0.15, 0.2) is 5.82 Å². The van der Waals surface area contributed by atoms with Gasteiger partial charge in [-0.2, -0.15) is 4.98 Å². The summed E-state index contributed by atoms with van der Waals surface area (Å²) in [6.45, 7) is 14.7. The second kappa shape index (κ2) is 31.1. The summed E-state index contributed by atoms with van der Waals surface area (Å²) in [5.41, 5.74) is 2.98. The van der Waals surface area contributed by atoms with Crippen LogP contribution in [-0.4, -0.2) is 207 Å². The van der Waals surface area contributed by atoms with E-state index < -0.39 is 64.3 Å². The van der Waals surface area contributed by atoms with E-state index in [1.807, 2.05) is 63.8 Å². The monoisotopic (exact) mass is 1220 g/mol. The molecule has 0 aliphatic carbocycles. The highest BCUT2D eigenvalue weighted by Gasteiger charge is 2.45. The molecule has 4 atom stereocenters. The van der Waals surface area contributed by atoms with Gasteiger partial charge in [0, 0.05) is 83.6 Å². The summed E-state index contributed by atoms with van der Waals surface area (Å²) in [6, 6.07) is 10.6. The maximum absolute atomic E-state index is 16.5. The lowest BCUT2D eigenvalue weighted by atomic mass is 9.85. The zero-order chi connectivity index (χ0) is 61.4. The molecule has 5 amide bonds. The molecule has 2 aliphatic heterocycles. The van der Waals surface area contributed by atoms with Gasteiger partial charge in [-0.3, -0.25) is 24.0 Å². The van der Waals surface area contributed by atoms with Crippen molar-refractivity contribution in [3.05, 3.63) is 82.0 Å². The Hall–Kier alpha value is -6.71. The molecule has 3 aromatic carbocycles. The SMILES string of the molecule is CC(=O)N1CCN(c2nc(NCCC(=O)N(C)CCOCCOCCOCCOCCOCC(=O)N[C@H](C(=O)N3C[C@H](O)C[C@H]3C(=O)N[C@@H](C)c3ccc(-c4scnc4C)cc3)C(C)(C)C)nc3c(F)c(-c4c(O)cccc4F)c(Cl)cc23)CC1. The number of benzene rings is 3. The van der Waals surface area contributed by atoms with Crippen LogP contribution in [-0.2, 0) is 47.7 Å². The second-order valence-corrected chi connectivity index (χ2v) is 23.1. The van der Waals surface area contributed by atoms with Gasteiger partial charge in [0.1, 0.15) is 41.6 Å². The van der Waals surface area contributed by atoms with Gasteiger partial charge in [0.2, 0.25) is 35.5 Å². The van der Waals surface area contributed by atoms with E-state index in [-0.39, 0.29) is 111 Å². The number of likely N-dealkylation sites (tertiary alicyclic amines) is 1. The van der Waals surface area contributed by atoms with Crippen molar-refractivity contribution in [1.29, 1.82) is 0 Å². The van der Waals surface area contributed by atoms with Gasteiger partial charge in [-0.1, -0.05) is 62.7 Å². The summed E-state index contributed by atoms with van der Waals surface area (Å²) >= 11 is 8.13. The lowest BCUT2D eigenvalue weighted by Crippen LogP contribution is -2.58. The van der Waals surface area contributed by atoms with Crippen molar-refractivity contribution in [2.75, 3.05) is 129 Å². The van der Waals surface area contributed by atoms with Crippen LogP contribution in [0.3, 0.4) is 0 Å². The Morgan fingerprint density at radius 3 is 2.11 bits per heavy atom.